The molecule has 0 aliphatic carbocycles. The van der Waals surface area contributed by atoms with Crippen LogP contribution in [-0.4, -0.2) is 22.0 Å². The SMILES string of the molecule is CC(N)=CC=NC(=N)n1ccc(C(F)(F)F)n1. The van der Waals surface area contributed by atoms with Crippen LogP contribution in [0.25, 0.3) is 0 Å². The highest BCUT2D eigenvalue weighted by atomic mass is 19.4. The number of nitrogens with zero attached hydrogens (tertiary/aromatic N) is 3. The summed E-state index contributed by atoms with van der Waals surface area (Å²) in [6.45, 7) is 1.62. The summed E-state index contributed by atoms with van der Waals surface area (Å²) in [6.07, 6.45) is -0.875. The second-order valence-corrected chi connectivity index (χ2v) is 3.16. The Kier molecular flexibility index (Phi) is 3.66. The van der Waals surface area contributed by atoms with E-state index in [0.29, 0.717) is 5.70 Å². The Bertz CT molecular complexity index is 465. The van der Waals surface area contributed by atoms with Gasteiger partial charge in [-0.15, -0.1) is 0 Å². The number of nitrogens with one attached hydrogen (secondary N) is 1. The van der Waals surface area contributed by atoms with Gasteiger partial charge in [-0.05, 0) is 19.1 Å². The minimum Gasteiger partial charge on any atom is -0.402 e. The van der Waals surface area contributed by atoms with Crippen LogP contribution in [0.2, 0.25) is 0 Å². The average Bonchev–Trinajstić information content (AvgIpc) is 2.64. The molecule has 0 aromatic carbocycles. The molecule has 0 bridgehead atoms. The van der Waals surface area contributed by atoms with Crippen molar-refractivity contribution in [1.29, 1.82) is 5.41 Å². The van der Waals surface area contributed by atoms with Crippen molar-refractivity contribution in [1.82, 2.24) is 9.78 Å². The normalized spacial score (nSPS) is 13.3. The first-order valence-corrected chi connectivity index (χ1v) is 4.49. The molecule has 8 heteroatoms. The number of halogens is 3. The summed E-state index contributed by atoms with van der Waals surface area (Å²) in [5.41, 5.74) is 4.71. The molecule has 0 aliphatic heterocycles. The van der Waals surface area contributed by atoms with Gasteiger partial charge in [-0.25, -0.2) is 9.67 Å². The van der Waals surface area contributed by atoms with Gasteiger partial charge < -0.3 is 5.73 Å². The van der Waals surface area contributed by atoms with Crippen molar-refractivity contribution in [2.45, 2.75) is 13.1 Å². The first kappa shape index (κ1) is 12.9. The summed E-state index contributed by atoms with van der Waals surface area (Å²) < 4.78 is 37.4. The molecule has 0 spiro atoms. The molecule has 17 heavy (non-hydrogen) atoms. The number of nitrogens with two attached hydrogens (primary N) is 1. The molecule has 1 aromatic heterocycles. The van der Waals surface area contributed by atoms with E-state index in [2.05, 4.69) is 10.1 Å². The Morgan fingerprint density at radius 3 is 2.71 bits per heavy atom. The van der Waals surface area contributed by atoms with Crippen molar-refractivity contribution in [3.63, 3.8) is 0 Å². The van der Waals surface area contributed by atoms with Gasteiger partial charge >= 0.3 is 6.18 Å². The zero-order chi connectivity index (χ0) is 13.1. The molecule has 0 radical (unpaired) electrons. The second-order valence-electron chi connectivity index (χ2n) is 3.16. The molecule has 1 heterocycles. The molecule has 5 nitrogen and oxygen atoms in total. The molecule has 0 saturated heterocycles. The van der Waals surface area contributed by atoms with Crippen molar-refractivity contribution in [3.05, 3.63) is 29.7 Å². The van der Waals surface area contributed by atoms with Crippen molar-refractivity contribution < 1.29 is 13.2 Å². The number of hydrogen-bond acceptors (Lipinski definition) is 3. The lowest BCUT2D eigenvalue weighted by molar-refractivity contribution is -0.141. The molecule has 0 saturated carbocycles. The molecule has 1 rings (SSSR count). The van der Waals surface area contributed by atoms with Crippen LogP contribution in [0.4, 0.5) is 13.2 Å². The molecular formula is C9H10F3N5. The van der Waals surface area contributed by atoms with Crippen LogP contribution < -0.4 is 5.73 Å². The second kappa shape index (κ2) is 4.81. The van der Waals surface area contributed by atoms with Crippen molar-refractivity contribution in [3.8, 4) is 0 Å². The Hall–Kier alpha value is -2.12. The summed E-state index contributed by atoms with van der Waals surface area (Å²) in [4.78, 5) is 3.56. The highest BCUT2D eigenvalue weighted by Gasteiger charge is 2.33. The molecule has 0 aliphatic rings. The van der Waals surface area contributed by atoms with E-state index in [-0.39, 0.29) is 0 Å². The molecule has 0 amide bonds. The van der Waals surface area contributed by atoms with Gasteiger partial charge in [-0.3, -0.25) is 5.41 Å². The highest BCUT2D eigenvalue weighted by Crippen LogP contribution is 2.27. The van der Waals surface area contributed by atoms with Gasteiger partial charge in [0.1, 0.15) is 0 Å². The van der Waals surface area contributed by atoms with Crippen LogP contribution in [-0.2, 0) is 6.18 Å². The Morgan fingerprint density at radius 2 is 2.24 bits per heavy atom. The maximum Gasteiger partial charge on any atom is 0.435 e. The predicted molar refractivity (Wildman–Crippen MR) is 56.8 cm³/mol. The smallest absolute Gasteiger partial charge is 0.402 e. The van der Waals surface area contributed by atoms with E-state index in [9.17, 15) is 13.2 Å². The highest BCUT2D eigenvalue weighted by molar-refractivity contribution is 5.89. The van der Waals surface area contributed by atoms with Gasteiger partial charge in [0.2, 0.25) is 5.96 Å². The zero-order valence-electron chi connectivity index (χ0n) is 8.86. The van der Waals surface area contributed by atoms with Gasteiger partial charge in [0.25, 0.3) is 0 Å². The van der Waals surface area contributed by atoms with Crippen LogP contribution in [0.15, 0.2) is 29.0 Å². The third kappa shape index (κ3) is 3.74. The van der Waals surface area contributed by atoms with E-state index < -0.39 is 17.8 Å². The van der Waals surface area contributed by atoms with E-state index in [0.717, 1.165) is 16.9 Å². The standard InChI is InChI=1S/C9H10F3N5/c1-6(13)2-4-15-8(14)17-5-3-7(16-17)9(10,11)12/h2-5,14H,13H2,1H3. The lowest BCUT2D eigenvalue weighted by Crippen LogP contribution is -2.12. The molecule has 3 N–H and O–H groups in total. The molecule has 0 unspecified atom stereocenters. The maximum atomic E-state index is 12.2. The van der Waals surface area contributed by atoms with Gasteiger partial charge in [0, 0.05) is 18.1 Å². The van der Waals surface area contributed by atoms with Crippen LogP contribution >= 0.6 is 0 Å². The largest absolute Gasteiger partial charge is 0.435 e. The van der Waals surface area contributed by atoms with Crippen LogP contribution in [0.1, 0.15) is 12.6 Å². The summed E-state index contributed by atoms with van der Waals surface area (Å²) in [5.74, 6) is -0.432. The van der Waals surface area contributed by atoms with Crippen molar-refractivity contribution in [2.24, 2.45) is 10.7 Å². The monoisotopic (exact) mass is 245 g/mol. The number of aromatic nitrogens is 2. The molecular weight excluding hydrogens is 235 g/mol. The maximum absolute atomic E-state index is 12.2. The van der Waals surface area contributed by atoms with E-state index >= 15 is 0 Å². The molecule has 0 fully saturated rings. The fourth-order valence-electron chi connectivity index (χ4n) is 0.878. The first-order valence-electron chi connectivity index (χ1n) is 4.49. The molecule has 92 valence electrons. The lowest BCUT2D eigenvalue weighted by Gasteiger charge is -2.00. The van der Waals surface area contributed by atoms with E-state index in [1.165, 1.54) is 12.3 Å². The number of hydrogen-bond donors (Lipinski definition) is 2. The number of alkyl halides is 3. The van der Waals surface area contributed by atoms with E-state index in [1.54, 1.807) is 6.92 Å². The van der Waals surface area contributed by atoms with Gasteiger partial charge in [-0.2, -0.15) is 18.3 Å². The fraction of sp³-hybridized carbons (Fsp3) is 0.222. The minimum absolute atomic E-state index is 0.432. The fourth-order valence-corrected chi connectivity index (χ4v) is 0.878. The topological polar surface area (TPSA) is 80.0 Å². The number of aliphatic imine (C=N–C) groups is 1. The van der Waals surface area contributed by atoms with E-state index in [4.69, 9.17) is 11.1 Å². The van der Waals surface area contributed by atoms with Gasteiger partial charge in [0.15, 0.2) is 5.69 Å². The molecule has 0 atom stereocenters. The minimum atomic E-state index is -4.52. The summed E-state index contributed by atoms with van der Waals surface area (Å²) in [5, 5.41) is 10.5. The summed E-state index contributed by atoms with van der Waals surface area (Å²) in [6, 6.07) is 0.772. The Labute approximate surface area is 95.0 Å². The third-order valence-electron chi connectivity index (χ3n) is 1.63. The van der Waals surface area contributed by atoms with Gasteiger partial charge in [0.05, 0.1) is 0 Å². The Balaban J connectivity index is 2.81. The van der Waals surface area contributed by atoms with Crippen LogP contribution in [0.3, 0.4) is 0 Å². The Morgan fingerprint density at radius 1 is 1.59 bits per heavy atom. The third-order valence-corrected chi connectivity index (χ3v) is 1.63. The molecule has 1 aromatic rings. The lowest BCUT2D eigenvalue weighted by atomic mass is 10.4. The zero-order valence-corrected chi connectivity index (χ0v) is 8.86. The van der Waals surface area contributed by atoms with Crippen LogP contribution in [0, 0.1) is 5.41 Å². The van der Waals surface area contributed by atoms with E-state index in [1.807, 2.05) is 0 Å². The first-order chi connectivity index (χ1) is 7.80. The average molecular weight is 245 g/mol. The predicted octanol–water partition coefficient (Wildman–Crippen LogP) is 1.62. The number of allylic oxidation sites excluding steroid dienone is 2. The van der Waals surface area contributed by atoms with Crippen molar-refractivity contribution >= 4 is 12.2 Å². The summed E-state index contributed by atoms with van der Waals surface area (Å²) in [7, 11) is 0. The van der Waals surface area contributed by atoms with Crippen LogP contribution in [0.5, 0.6) is 0 Å². The number of rotatable bonds is 1. The van der Waals surface area contributed by atoms with Crippen molar-refractivity contribution in [2.75, 3.05) is 0 Å². The summed E-state index contributed by atoms with van der Waals surface area (Å²) >= 11 is 0. The quantitative estimate of drug-likeness (QED) is 0.582. The van der Waals surface area contributed by atoms with Gasteiger partial charge in [-0.1, -0.05) is 0 Å².